The number of nitrogens with zero attached hydrogens (tertiary/aromatic N) is 1. The molecule has 1 heterocycles. The maximum absolute atomic E-state index is 13.5. The number of halogens is 1. The standard InChI is InChI=1S/C12H12FNO2S2/c1-8-9(2)17-12(14-8)7-18(15,16)11-6-4-3-5-10(11)13/h3-6H,7H2,1-2H3. The van der Waals surface area contributed by atoms with Crippen molar-refractivity contribution in [3.05, 3.63) is 45.7 Å². The molecule has 2 rings (SSSR count). The van der Waals surface area contributed by atoms with Crippen molar-refractivity contribution >= 4 is 21.2 Å². The van der Waals surface area contributed by atoms with Crippen LogP contribution in [0.25, 0.3) is 0 Å². The molecule has 2 aromatic rings. The Morgan fingerprint density at radius 2 is 1.94 bits per heavy atom. The summed E-state index contributed by atoms with van der Waals surface area (Å²) in [4.78, 5) is 4.88. The average molecular weight is 285 g/mol. The van der Waals surface area contributed by atoms with E-state index in [0.717, 1.165) is 16.6 Å². The number of hydrogen-bond donors (Lipinski definition) is 0. The van der Waals surface area contributed by atoms with Gasteiger partial charge in [-0.1, -0.05) is 12.1 Å². The number of thiazole rings is 1. The maximum atomic E-state index is 13.5. The van der Waals surface area contributed by atoms with Crippen LogP contribution in [-0.4, -0.2) is 13.4 Å². The number of hydrogen-bond acceptors (Lipinski definition) is 4. The van der Waals surface area contributed by atoms with E-state index in [2.05, 4.69) is 4.98 Å². The molecule has 0 aliphatic rings. The smallest absolute Gasteiger partial charge is 0.187 e. The summed E-state index contributed by atoms with van der Waals surface area (Å²) in [6.45, 7) is 3.71. The summed E-state index contributed by atoms with van der Waals surface area (Å²) in [7, 11) is -3.67. The molecule has 0 aliphatic heterocycles. The minimum atomic E-state index is -3.67. The van der Waals surface area contributed by atoms with Crippen LogP contribution in [0.1, 0.15) is 15.6 Å². The Morgan fingerprint density at radius 1 is 1.28 bits per heavy atom. The number of aromatic nitrogens is 1. The van der Waals surface area contributed by atoms with Crippen LogP contribution in [0.5, 0.6) is 0 Å². The van der Waals surface area contributed by atoms with Gasteiger partial charge < -0.3 is 0 Å². The van der Waals surface area contributed by atoms with Gasteiger partial charge in [0.1, 0.15) is 21.5 Å². The fourth-order valence-corrected chi connectivity index (χ4v) is 4.16. The summed E-state index contributed by atoms with van der Waals surface area (Å²) in [5.41, 5.74) is 0.818. The third-order valence-electron chi connectivity index (χ3n) is 2.56. The minimum Gasteiger partial charge on any atom is -0.245 e. The Morgan fingerprint density at radius 3 is 2.50 bits per heavy atom. The molecule has 0 amide bonds. The quantitative estimate of drug-likeness (QED) is 0.871. The van der Waals surface area contributed by atoms with Gasteiger partial charge in [-0.3, -0.25) is 0 Å². The zero-order chi connectivity index (χ0) is 13.3. The van der Waals surface area contributed by atoms with Gasteiger partial charge in [-0.25, -0.2) is 17.8 Å². The van der Waals surface area contributed by atoms with Crippen molar-refractivity contribution < 1.29 is 12.8 Å². The van der Waals surface area contributed by atoms with Gasteiger partial charge in [0.25, 0.3) is 0 Å². The Labute approximate surface area is 109 Å². The van der Waals surface area contributed by atoms with Crippen LogP contribution in [0.3, 0.4) is 0 Å². The van der Waals surface area contributed by atoms with E-state index in [1.54, 1.807) is 0 Å². The summed E-state index contributed by atoms with van der Waals surface area (Å²) in [5, 5.41) is 0.494. The monoisotopic (exact) mass is 285 g/mol. The lowest BCUT2D eigenvalue weighted by atomic mass is 10.3. The summed E-state index contributed by atoms with van der Waals surface area (Å²) in [5.74, 6) is -0.977. The number of benzene rings is 1. The second-order valence-electron chi connectivity index (χ2n) is 3.94. The van der Waals surface area contributed by atoms with Crippen molar-refractivity contribution in [3.8, 4) is 0 Å². The fraction of sp³-hybridized carbons (Fsp3) is 0.250. The van der Waals surface area contributed by atoms with Crippen LogP contribution in [0.2, 0.25) is 0 Å². The van der Waals surface area contributed by atoms with Crippen LogP contribution < -0.4 is 0 Å². The maximum Gasteiger partial charge on any atom is 0.187 e. The zero-order valence-corrected chi connectivity index (χ0v) is 11.6. The van der Waals surface area contributed by atoms with E-state index in [0.29, 0.717) is 5.01 Å². The molecule has 0 atom stereocenters. The molecule has 96 valence electrons. The molecule has 1 aromatic carbocycles. The highest BCUT2D eigenvalue weighted by molar-refractivity contribution is 7.90. The molecule has 0 radical (unpaired) electrons. The van der Waals surface area contributed by atoms with Crippen molar-refractivity contribution in [2.24, 2.45) is 0 Å². The Kier molecular flexibility index (Phi) is 3.49. The van der Waals surface area contributed by atoms with Crippen LogP contribution in [-0.2, 0) is 15.6 Å². The molecule has 0 N–H and O–H groups in total. The van der Waals surface area contributed by atoms with Gasteiger partial charge >= 0.3 is 0 Å². The summed E-state index contributed by atoms with van der Waals surface area (Å²) >= 11 is 1.33. The lowest BCUT2D eigenvalue weighted by Crippen LogP contribution is -2.06. The van der Waals surface area contributed by atoms with Crippen LogP contribution >= 0.6 is 11.3 Å². The first kappa shape index (κ1) is 13.2. The molecule has 3 nitrogen and oxygen atoms in total. The molecule has 0 unspecified atom stereocenters. The molecule has 0 spiro atoms. The van der Waals surface area contributed by atoms with Gasteiger partial charge in [-0.15, -0.1) is 11.3 Å². The van der Waals surface area contributed by atoms with Crippen LogP contribution in [0, 0.1) is 19.7 Å². The van der Waals surface area contributed by atoms with Gasteiger partial charge in [0.05, 0.1) is 5.69 Å². The second-order valence-corrected chi connectivity index (χ2v) is 7.18. The van der Waals surface area contributed by atoms with Crippen molar-refractivity contribution in [2.75, 3.05) is 0 Å². The highest BCUT2D eigenvalue weighted by Crippen LogP contribution is 2.23. The molecule has 1 aromatic heterocycles. The lowest BCUT2D eigenvalue weighted by Gasteiger charge is -2.03. The van der Waals surface area contributed by atoms with Crippen molar-refractivity contribution in [1.29, 1.82) is 0 Å². The van der Waals surface area contributed by atoms with E-state index < -0.39 is 15.7 Å². The molecule has 0 fully saturated rings. The number of aryl methyl sites for hydroxylation is 2. The van der Waals surface area contributed by atoms with Gasteiger partial charge in [0, 0.05) is 4.88 Å². The first-order valence-corrected chi connectivity index (χ1v) is 7.77. The molecule has 0 saturated heterocycles. The molecule has 0 saturated carbocycles. The van der Waals surface area contributed by atoms with Crippen LogP contribution in [0.4, 0.5) is 4.39 Å². The topological polar surface area (TPSA) is 47.0 Å². The lowest BCUT2D eigenvalue weighted by molar-refractivity contribution is 0.566. The zero-order valence-electron chi connectivity index (χ0n) is 9.97. The third-order valence-corrected chi connectivity index (χ3v) is 5.47. The normalized spacial score (nSPS) is 11.7. The third kappa shape index (κ3) is 2.59. The van der Waals surface area contributed by atoms with E-state index in [-0.39, 0.29) is 10.6 Å². The van der Waals surface area contributed by atoms with Gasteiger partial charge in [0.15, 0.2) is 9.84 Å². The van der Waals surface area contributed by atoms with Crippen molar-refractivity contribution in [1.82, 2.24) is 4.98 Å². The molecule has 6 heteroatoms. The van der Waals surface area contributed by atoms with E-state index in [1.807, 2.05) is 13.8 Å². The van der Waals surface area contributed by atoms with E-state index in [4.69, 9.17) is 0 Å². The van der Waals surface area contributed by atoms with Crippen LogP contribution in [0.15, 0.2) is 29.2 Å². The summed E-state index contributed by atoms with van der Waals surface area (Å²) < 4.78 is 37.6. The Balaban J connectivity index is 2.36. The first-order chi connectivity index (χ1) is 8.40. The van der Waals surface area contributed by atoms with E-state index in [1.165, 1.54) is 29.5 Å². The SMILES string of the molecule is Cc1nc(CS(=O)(=O)c2ccccc2F)sc1C. The Hall–Kier alpha value is -1.27. The Bertz CT molecular complexity index is 658. The minimum absolute atomic E-state index is 0.257. The molecular formula is C12H12FNO2S2. The fourth-order valence-electron chi connectivity index (χ4n) is 1.54. The summed E-state index contributed by atoms with van der Waals surface area (Å²) in [6, 6.07) is 5.39. The molecule has 0 bridgehead atoms. The molecular weight excluding hydrogens is 273 g/mol. The predicted molar refractivity (Wildman–Crippen MR) is 68.9 cm³/mol. The highest BCUT2D eigenvalue weighted by atomic mass is 32.2. The largest absolute Gasteiger partial charge is 0.245 e. The van der Waals surface area contributed by atoms with E-state index in [9.17, 15) is 12.8 Å². The highest BCUT2D eigenvalue weighted by Gasteiger charge is 2.21. The van der Waals surface area contributed by atoms with Crippen molar-refractivity contribution in [3.63, 3.8) is 0 Å². The average Bonchev–Trinajstić information content (AvgIpc) is 2.57. The van der Waals surface area contributed by atoms with Crippen molar-refractivity contribution in [2.45, 2.75) is 24.5 Å². The van der Waals surface area contributed by atoms with Gasteiger partial charge in [0.2, 0.25) is 0 Å². The molecule has 18 heavy (non-hydrogen) atoms. The second kappa shape index (κ2) is 4.78. The predicted octanol–water partition coefficient (Wildman–Crippen LogP) is 2.87. The first-order valence-electron chi connectivity index (χ1n) is 5.30. The van der Waals surface area contributed by atoms with E-state index >= 15 is 0 Å². The number of sulfone groups is 1. The summed E-state index contributed by atoms with van der Waals surface area (Å²) in [6.07, 6.45) is 0. The van der Waals surface area contributed by atoms with Gasteiger partial charge in [-0.2, -0.15) is 0 Å². The molecule has 0 aliphatic carbocycles. The van der Waals surface area contributed by atoms with Gasteiger partial charge in [-0.05, 0) is 26.0 Å². The number of rotatable bonds is 3.